The zero-order valence-electron chi connectivity index (χ0n) is 15.9. The van der Waals surface area contributed by atoms with Gasteiger partial charge in [0.15, 0.2) is 4.96 Å². The summed E-state index contributed by atoms with van der Waals surface area (Å²) in [7, 11) is 0. The first kappa shape index (κ1) is 18.4. The number of hydrogen-bond donors (Lipinski definition) is 2. The molecule has 4 rings (SSSR count). The maximum absolute atomic E-state index is 12.2. The van der Waals surface area contributed by atoms with Crippen molar-refractivity contribution >= 4 is 39.9 Å². The number of nitrogens with zero attached hydrogens (tertiary/aromatic N) is 2. The predicted molar refractivity (Wildman–Crippen MR) is 111 cm³/mol. The highest BCUT2D eigenvalue weighted by molar-refractivity contribution is 7.17. The Balaban J connectivity index is 1.37. The number of benzene rings is 1. The van der Waals surface area contributed by atoms with Crippen LogP contribution in [0.5, 0.6) is 0 Å². The first-order chi connectivity index (χ1) is 13.5. The number of fused-ring (bicyclic) bond motifs is 1. The fraction of sp³-hybridized carbons (Fsp3) is 0.286. The molecule has 1 saturated carbocycles. The van der Waals surface area contributed by atoms with E-state index in [-0.39, 0.29) is 17.7 Å². The molecule has 1 aliphatic carbocycles. The van der Waals surface area contributed by atoms with E-state index in [0.717, 1.165) is 40.4 Å². The molecule has 0 bridgehead atoms. The van der Waals surface area contributed by atoms with Gasteiger partial charge >= 0.3 is 0 Å². The fourth-order valence-electron chi connectivity index (χ4n) is 3.03. The highest BCUT2D eigenvalue weighted by Crippen LogP contribution is 2.30. The number of carbonyl (C=O) groups is 2. The minimum atomic E-state index is -0.172. The van der Waals surface area contributed by atoms with Crippen LogP contribution in [0.15, 0.2) is 36.5 Å². The van der Waals surface area contributed by atoms with E-state index in [1.807, 2.05) is 48.7 Å². The molecule has 7 heteroatoms. The van der Waals surface area contributed by atoms with E-state index >= 15 is 0 Å². The molecule has 2 heterocycles. The van der Waals surface area contributed by atoms with Gasteiger partial charge in [0, 0.05) is 35.3 Å². The van der Waals surface area contributed by atoms with Gasteiger partial charge in [0.1, 0.15) is 0 Å². The van der Waals surface area contributed by atoms with Gasteiger partial charge in [0.2, 0.25) is 11.8 Å². The number of aryl methyl sites for hydroxylation is 2. The number of thiazole rings is 1. The summed E-state index contributed by atoms with van der Waals surface area (Å²) in [5.41, 5.74) is 3.52. The number of nitrogens with one attached hydrogen (secondary N) is 2. The van der Waals surface area contributed by atoms with Crippen LogP contribution in [0.3, 0.4) is 0 Å². The number of imidazole rings is 1. The standard InChI is InChI=1S/C21H22N4O2S/c1-13-12-25-18(14(2)23-21(25)28-13)8-9-19(26)22-11-15-4-3-5-17(10-15)24-20(27)16-6-7-16/h3-5,8-10,12,16H,6-7,11H2,1-2H3,(H,22,26)(H,24,27). The largest absolute Gasteiger partial charge is 0.348 e. The Bertz CT molecular complexity index is 1080. The van der Waals surface area contributed by atoms with Crippen LogP contribution in [0.4, 0.5) is 5.69 Å². The molecule has 0 spiro atoms. The predicted octanol–water partition coefficient (Wildman–Crippen LogP) is 3.69. The number of hydrogen-bond acceptors (Lipinski definition) is 4. The second-order valence-corrected chi connectivity index (χ2v) is 8.31. The number of anilines is 1. The van der Waals surface area contributed by atoms with E-state index in [1.165, 1.54) is 11.0 Å². The van der Waals surface area contributed by atoms with Crippen LogP contribution < -0.4 is 10.6 Å². The van der Waals surface area contributed by atoms with Gasteiger partial charge in [-0.15, -0.1) is 11.3 Å². The van der Waals surface area contributed by atoms with E-state index in [0.29, 0.717) is 6.54 Å². The maximum Gasteiger partial charge on any atom is 0.244 e. The molecular formula is C21H22N4O2S. The summed E-state index contributed by atoms with van der Waals surface area (Å²) in [6.45, 7) is 4.37. The van der Waals surface area contributed by atoms with Gasteiger partial charge in [-0.3, -0.25) is 14.0 Å². The molecule has 0 radical (unpaired) electrons. The van der Waals surface area contributed by atoms with Crippen molar-refractivity contribution in [1.29, 1.82) is 0 Å². The summed E-state index contributed by atoms with van der Waals surface area (Å²) in [6, 6.07) is 7.56. The Morgan fingerprint density at radius 2 is 2.14 bits per heavy atom. The first-order valence-electron chi connectivity index (χ1n) is 9.30. The third-order valence-electron chi connectivity index (χ3n) is 4.66. The fourth-order valence-corrected chi connectivity index (χ4v) is 3.91. The van der Waals surface area contributed by atoms with Crippen molar-refractivity contribution in [3.05, 3.63) is 58.4 Å². The molecular weight excluding hydrogens is 372 g/mol. The summed E-state index contributed by atoms with van der Waals surface area (Å²) in [6.07, 6.45) is 7.30. The van der Waals surface area contributed by atoms with Gasteiger partial charge in [0.05, 0.1) is 11.4 Å². The van der Waals surface area contributed by atoms with Gasteiger partial charge in [-0.1, -0.05) is 12.1 Å². The van der Waals surface area contributed by atoms with Crippen molar-refractivity contribution in [1.82, 2.24) is 14.7 Å². The van der Waals surface area contributed by atoms with Crippen molar-refractivity contribution < 1.29 is 9.59 Å². The lowest BCUT2D eigenvalue weighted by Gasteiger charge is -2.07. The van der Waals surface area contributed by atoms with Gasteiger partial charge < -0.3 is 10.6 Å². The molecule has 2 amide bonds. The van der Waals surface area contributed by atoms with Gasteiger partial charge in [-0.25, -0.2) is 4.98 Å². The number of carbonyl (C=O) groups excluding carboxylic acids is 2. The molecule has 1 fully saturated rings. The van der Waals surface area contributed by atoms with Crippen molar-refractivity contribution in [2.75, 3.05) is 5.32 Å². The Morgan fingerprint density at radius 1 is 1.32 bits per heavy atom. The summed E-state index contributed by atoms with van der Waals surface area (Å²) in [4.78, 5) is 30.7. The van der Waals surface area contributed by atoms with E-state index in [9.17, 15) is 9.59 Å². The van der Waals surface area contributed by atoms with Crippen LogP contribution in [0.25, 0.3) is 11.0 Å². The van der Waals surface area contributed by atoms with Crippen LogP contribution in [0.1, 0.15) is 34.7 Å². The second kappa shape index (κ2) is 7.59. The molecule has 0 atom stereocenters. The lowest BCUT2D eigenvalue weighted by atomic mass is 10.2. The maximum atomic E-state index is 12.2. The Morgan fingerprint density at radius 3 is 2.93 bits per heavy atom. The molecule has 6 nitrogen and oxygen atoms in total. The third-order valence-corrected chi connectivity index (χ3v) is 5.56. The molecule has 0 unspecified atom stereocenters. The summed E-state index contributed by atoms with van der Waals surface area (Å²) < 4.78 is 2.01. The van der Waals surface area contributed by atoms with Crippen molar-refractivity contribution in [3.8, 4) is 0 Å². The van der Waals surface area contributed by atoms with Crippen LogP contribution in [0.2, 0.25) is 0 Å². The lowest BCUT2D eigenvalue weighted by molar-refractivity contribution is -0.117. The molecule has 0 saturated heterocycles. The minimum absolute atomic E-state index is 0.0790. The molecule has 2 aromatic heterocycles. The van der Waals surface area contributed by atoms with Crippen LogP contribution in [-0.2, 0) is 16.1 Å². The SMILES string of the molecule is Cc1cn2c(C=CC(=O)NCc3cccc(NC(=O)C4CC4)c3)c(C)nc2s1. The monoisotopic (exact) mass is 394 g/mol. The molecule has 28 heavy (non-hydrogen) atoms. The minimum Gasteiger partial charge on any atom is -0.348 e. The van der Waals surface area contributed by atoms with E-state index in [4.69, 9.17) is 0 Å². The summed E-state index contributed by atoms with van der Waals surface area (Å²) in [5, 5.41) is 5.81. The van der Waals surface area contributed by atoms with E-state index < -0.39 is 0 Å². The zero-order valence-corrected chi connectivity index (χ0v) is 16.7. The van der Waals surface area contributed by atoms with Crippen LogP contribution in [-0.4, -0.2) is 21.2 Å². The molecule has 144 valence electrons. The molecule has 1 aromatic carbocycles. The number of rotatable bonds is 6. The Kier molecular flexibility index (Phi) is 5.00. The highest BCUT2D eigenvalue weighted by Gasteiger charge is 2.29. The molecule has 1 aliphatic rings. The van der Waals surface area contributed by atoms with Crippen molar-refractivity contribution in [2.45, 2.75) is 33.2 Å². The summed E-state index contributed by atoms with van der Waals surface area (Å²) >= 11 is 1.63. The number of aromatic nitrogens is 2. The van der Waals surface area contributed by atoms with Gasteiger partial charge in [-0.2, -0.15) is 0 Å². The zero-order chi connectivity index (χ0) is 19.7. The second-order valence-electron chi connectivity index (χ2n) is 7.09. The van der Waals surface area contributed by atoms with Crippen molar-refractivity contribution in [3.63, 3.8) is 0 Å². The third kappa shape index (κ3) is 4.14. The molecule has 2 N–H and O–H groups in total. The number of amides is 2. The average molecular weight is 395 g/mol. The van der Waals surface area contributed by atoms with E-state index in [1.54, 1.807) is 17.4 Å². The van der Waals surface area contributed by atoms with Crippen LogP contribution >= 0.6 is 11.3 Å². The smallest absolute Gasteiger partial charge is 0.244 e. The molecule has 0 aliphatic heterocycles. The first-order valence-corrected chi connectivity index (χ1v) is 10.1. The topological polar surface area (TPSA) is 75.5 Å². The Hall–Kier alpha value is -2.93. The quantitative estimate of drug-likeness (QED) is 0.626. The summed E-state index contributed by atoms with van der Waals surface area (Å²) in [5.74, 6) is 0.0722. The highest BCUT2D eigenvalue weighted by atomic mass is 32.1. The van der Waals surface area contributed by atoms with Gasteiger partial charge in [-0.05, 0) is 50.5 Å². The van der Waals surface area contributed by atoms with Gasteiger partial charge in [0.25, 0.3) is 0 Å². The van der Waals surface area contributed by atoms with Crippen molar-refractivity contribution in [2.24, 2.45) is 5.92 Å². The average Bonchev–Trinajstić information content (AvgIpc) is 3.39. The van der Waals surface area contributed by atoms with E-state index in [2.05, 4.69) is 15.6 Å². The van der Waals surface area contributed by atoms with Crippen LogP contribution in [0, 0.1) is 19.8 Å². The Labute approximate surface area is 167 Å². The normalized spacial score (nSPS) is 13.9. The lowest BCUT2D eigenvalue weighted by Crippen LogP contribution is -2.20. The molecule has 3 aromatic rings.